The predicted molar refractivity (Wildman–Crippen MR) is 93.1 cm³/mol. The normalized spacial score (nSPS) is 21.1. The number of carbonyl (C=O) groups is 3. The van der Waals surface area contributed by atoms with Crippen molar-refractivity contribution in [2.45, 2.75) is 20.0 Å². The fourth-order valence-corrected chi connectivity index (χ4v) is 3.34. The summed E-state index contributed by atoms with van der Waals surface area (Å²) in [5.41, 5.74) is 2.16. The van der Waals surface area contributed by atoms with Gasteiger partial charge >= 0.3 is 5.97 Å². The van der Waals surface area contributed by atoms with Crippen molar-refractivity contribution < 1.29 is 24.0 Å². The van der Waals surface area contributed by atoms with Crippen LogP contribution in [0.2, 0.25) is 0 Å². The Hall–Kier alpha value is -3.49. The standard InChI is InChI=1S/C18H16N4O5/c1-9-13(8-21(3)19-9)15-14-16(27-20-15)18(25)22(17(14)24)11-4-6-12(7-5-11)26-10(2)23/h4-8,14,16H,1-3H3/t14-,16+/m1/s1. The number of esters is 1. The van der Waals surface area contributed by atoms with Crippen molar-refractivity contribution in [3.05, 3.63) is 41.7 Å². The lowest BCUT2D eigenvalue weighted by Gasteiger charge is -2.15. The molecule has 2 aliphatic heterocycles. The number of benzene rings is 1. The Morgan fingerprint density at radius 1 is 1.19 bits per heavy atom. The largest absolute Gasteiger partial charge is 0.427 e. The van der Waals surface area contributed by atoms with E-state index in [4.69, 9.17) is 9.57 Å². The number of carbonyl (C=O) groups excluding carboxylic acids is 3. The summed E-state index contributed by atoms with van der Waals surface area (Å²) in [4.78, 5) is 43.1. The quantitative estimate of drug-likeness (QED) is 0.454. The third-order valence-electron chi connectivity index (χ3n) is 4.46. The Bertz CT molecular complexity index is 992. The van der Waals surface area contributed by atoms with Crippen molar-refractivity contribution in [2.75, 3.05) is 4.90 Å². The molecule has 9 heteroatoms. The zero-order chi connectivity index (χ0) is 19.3. The molecule has 0 radical (unpaired) electrons. The van der Waals surface area contributed by atoms with Crippen LogP contribution in [-0.2, 0) is 26.3 Å². The first kappa shape index (κ1) is 17.0. The number of rotatable bonds is 3. The van der Waals surface area contributed by atoms with Gasteiger partial charge in [0.1, 0.15) is 17.4 Å². The van der Waals surface area contributed by atoms with Crippen LogP contribution in [0.3, 0.4) is 0 Å². The van der Waals surface area contributed by atoms with E-state index in [0.29, 0.717) is 28.4 Å². The molecule has 3 heterocycles. The van der Waals surface area contributed by atoms with Gasteiger partial charge in [-0.1, -0.05) is 5.16 Å². The third kappa shape index (κ3) is 2.67. The van der Waals surface area contributed by atoms with Gasteiger partial charge in [0.2, 0.25) is 12.0 Å². The molecule has 1 fully saturated rings. The average Bonchev–Trinajstić information content (AvgIpc) is 3.24. The molecule has 2 atom stereocenters. The van der Waals surface area contributed by atoms with Gasteiger partial charge in [-0.25, -0.2) is 4.90 Å². The summed E-state index contributed by atoms with van der Waals surface area (Å²) in [6, 6.07) is 6.13. The Labute approximate surface area is 154 Å². The number of oxime groups is 1. The maximum atomic E-state index is 13.0. The molecule has 0 saturated carbocycles. The SMILES string of the molecule is CC(=O)Oc1ccc(N2C(=O)[C@@H]3C(c4cn(C)nc4C)=NO[C@@H]3C2=O)cc1. The van der Waals surface area contributed by atoms with E-state index in [1.54, 1.807) is 37.0 Å². The number of imide groups is 1. The van der Waals surface area contributed by atoms with Gasteiger partial charge in [-0.2, -0.15) is 5.10 Å². The van der Waals surface area contributed by atoms with Crippen LogP contribution in [-0.4, -0.2) is 39.4 Å². The summed E-state index contributed by atoms with van der Waals surface area (Å²) in [6.07, 6.45) is 0.758. The molecule has 0 N–H and O–H groups in total. The Morgan fingerprint density at radius 2 is 1.89 bits per heavy atom. The summed E-state index contributed by atoms with van der Waals surface area (Å²) in [6.45, 7) is 3.10. The number of amides is 2. The summed E-state index contributed by atoms with van der Waals surface area (Å²) in [5.74, 6) is -1.83. The zero-order valence-electron chi connectivity index (χ0n) is 14.9. The molecule has 0 spiro atoms. The Kier molecular flexibility index (Phi) is 3.79. The molecule has 2 aliphatic rings. The molecule has 0 unspecified atom stereocenters. The molecule has 1 aromatic heterocycles. The average molecular weight is 368 g/mol. The Balaban J connectivity index is 1.64. The van der Waals surface area contributed by atoms with Gasteiger partial charge in [0.25, 0.3) is 5.91 Å². The summed E-state index contributed by atoms with van der Waals surface area (Å²) < 4.78 is 6.59. The number of aromatic nitrogens is 2. The molecule has 27 heavy (non-hydrogen) atoms. The number of nitrogens with zero attached hydrogens (tertiary/aromatic N) is 4. The molecule has 4 rings (SSSR count). The molecule has 1 aromatic carbocycles. The second-order valence-corrected chi connectivity index (χ2v) is 6.38. The Morgan fingerprint density at radius 3 is 2.48 bits per heavy atom. The molecular formula is C18H16N4O5. The van der Waals surface area contributed by atoms with Crippen LogP contribution in [0.15, 0.2) is 35.6 Å². The van der Waals surface area contributed by atoms with E-state index in [-0.39, 0.29) is 0 Å². The van der Waals surface area contributed by atoms with Gasteiger partial charge < -0.3 is 9.57 Å². The van der Waals surface area contributed by atoms with Gasteiger partial charge in [0.05, 0.1) is 11.4 Å². The van der Waals surface area contributed by atoms with Crippen LogP contribution in [0.1, 0.15) is 18.2 Å². The fraction of sp³-hybridized carbons (Fsp3) is 0.278. The van der Waals surface area contributed by atoms with E-state index in [1.165, 1.54) is 19.1 Å². The first-order valence-electron chi connectivity index (χ1n) is 8.27. The van der Waals surface area contributed by atoms with Crippen molar-refractivity contribution in [2.24, 2.45) is 18.1 Å². The molecule has 0 aliphatic carbocycles. The smallest absolute Gasteiger partial charge is 0.308 e. The van der Waals surface area contributed by atoms with Gasteiger partial charge in [0.15, 0.2) is 0 Å². The van der Waals surface area contributed by atoms with Crippen LogP contribution in [0, 0.1) is 12.8 Å². The van der Waals surface area contributed by atoms with E-state index in [0.717, 1.165) is 4.90 Å². The van der Waals surface area contributed by atoms with Crippen molar-refractivity contribution in [1.82, 2.24) is 9.78 Å². The van der Waals surface area contributed by atoms with Crippen molar-refractivity contribution in [3.8, 4) is 5.75 Å². The number of hydrogen-bond donors (Lipinski definition) is 0. The van der Waals surface area contributed by atoms with Crippen molar-refractivity contribution in [1.29, 1.82) is 0 Å². The van der Waals surface area contributed by atoms with E-state index in [1.807, 2.05) is 0 Å². The van der Waals surface area contributed by atoms with Gasteiger partial charge in [0, 0.05) is 25.7 Å². The van der Waals surface area contributed by atoms with E-state index >= 15 is 0 Å². The van der Waals surface area contributed by atoms with E-state index in [9.17, 15) is 14.4 Å². The minimum absolute atomic E-state index is 0.329. The van der Waals surface area contributed by atoms with Crippen LogP contribution < -0.4 is 9.64 Å². The lowest BCUT2D eigenvalue weighted by molar-refractivity contribution is -0.132. The fourth-order valence-electron chi connectivity index (χ4n) is 3.34. The highest BCUT2D eigenvalue weighted by molar-refractivity contribution is 6.32. The number of hydrogen-bond acceptors (Lipinski definition) is 7. The number of anilines is 1. The molecule has 2 aromatic rings. The summed E-state index contributed by atoms with van der Waals surface area (Å²) in [7, 11) is 1.77. The maximum Gasteiger partial charge on any atom is 0.308 e. The van der Waals surface area contributed by atoms with E-state index in [2.05, 4.69) is 10.3 Å². The monoisotopic (exact) mass is 368 g/mol. The molecule has 138 valence electrons. The zero-order valence-corrected chi connectivity index (χ0v) is 14.9. The maximum absolute atomic E-state index is 13.0. The van der Waals surface area contributed by atoms with Gasteiger partial charge in [-0.3, -0.25) is 19.1 Å². The summed E-state index contributed by atoms with van der Waals surface area (Å²) in [5, 5.41) is 8.23. The van der Waals surface area contributed by atoms with Crippen LogP contribution in [0.4, 0.5) is 5.69 Å². The first-order valence-corrected chi connectivity index (χ1v) is 8.27. The number of ether oxygens (including phenoxy) is 1. The minimum atomic E-state index is -0.986. The highest BCUT2D eigenvalue weighted by Gasteiger charge is 2.56. The van der Waals surface area contributed by atoms with E-state index < -0.39 is 29.8 Å². The van der Waals surface area contributed by atoms with Crippen LogP contribution in [0.25, 0.3) is 0 Å². The number of fused-ring (bicyclic) bond motifs is 1. The van der Waals surface area contributed by atoms with Crippen molar-refractivity contribution in [3.63, 3.8) is 0 Å². The van der Waals surface area contributed by atoms with Crippen LogP contribution >= 0.6 is 0 Å². The molecule has 2 amide bonds. The lowest BCUT2D eigenvalue weighted by Crippen LogP contribution is -2.33. The highest BCUT2D eigenvalue weighted by atomic mass is 16.6. The highest BCUT2D eigenvalue weighted by Crippen LogP contribution is 2.36. The molecular weight excluding hydrogens is 352 g/mol. The lowest BCUT2D eigenvalue weighted by atomic mass is 9.94. The molecule has 9 nitrogen and oxygen atoms in total. The van der Waals surface area contributed by atoms with Crippen molar-refractivity contribution >= 4 is 29.2 Å². The second kappa shape index (κ2) is 6.04. The minimum Gasteiger partial charge on any atom is -0.427 e. The first-order chi connectivity index (χ1) is 12.9. The topological polar surface area (TPSA) is 103 Å². The van der Waals surface area contributed by atoms with Gasteiger partial charge in [-0.15, -0.1) is 0 Å². The van der Waals surface area contributed by atoms with Gasteiger partial charge in [-0.05, 0) is 31.2 Å². The van der Waals surface area contributed by atoms with Crippen LogP contribution in [0.5, 0.6) is 5.75 Å². The second-order valence-electron chi connectivity index (χ2n) is 6.38. The molecule has 1 saturated heterocycles. The predicted octanol–water partition coefficient (Wildman–Crippen LogP) is 0.946. The summed E-state index contributed by atoms with van der Waals surface area (Å²) >= 11 is 0. The third-order valence-corrected chi connectivity index (χ3v) is 4.46. The molecule has 0 bridgehead atoms. The number of aryl methyl sites for hydroxylation is 2.